The number of hydrogen-bond donors (Lipinski definition) is 0. The minimum absolute atomic E-state index is 0. The van der Waals surface area contributed by atoms with Crippen LogP contribution in [0.25, 0.3) is 11.3 Å². The third kappa shape index (κ3) is 5.90. The van der Waals surface area contributed by atoms with Crippen molar-refractivity contribution in [3.8, 4) is 17.0 Å². The fraction of sp³-hybridized carbons (Fsp3) is 0.304. The molecule has 3 rings (SSSR count). The molecule has 0 unspecified atom stereocenters. The van der Waals surface area contributed by atoms with Gasteiger partial charge in [0, 0.05) is 31.0 Å². The molecule has 4 nitrogen and oxygen atoms in total. The number of thiazole rings is 1. The molecule has 1 aromatic heterocycles. The van der Waals surface area contributed by atoms with Crippen molar-refractivity contribution in [3.63, 3.8) is 0 Å². The van der Waals surface area contributed by atoms with Crippen LogP contribution in [-0.4, -0.2) is 36.9 Å². The summed E-state index contributed by atoms with van der Waals surface area (Å²) >= 11 is 1.71. The number of methoxy groups -OCH3 is 1. The van der Waals surface area contributed by atoms with Crippen LogP contribution in [0.5, 0.6) is 5.75 Å². The summed E-state index contributed by atoms with van der Waals surface area (Å²) in [5.74, 6) is 0.859. The van der Waals surface area contributed by atoms with Gasteiger partial charge in [-0.3, -0.25) is 0 Å². The highest BCUT2D eigenvalue weighted by Gasteiger charge is 2.09. The molecule has 0 bridgehead atoms. The summed E-state index contributed by atoms with van der Waals surface area (Å²) in [5, 5.41) is 3.24. The quantitative estimate of drug-likeness (QED) is 0.302. The first kappa shape index (κ1) is 23.1. The van der Waals surface area contributed by atoms with Crippen LogP contribution >= 0.6 is 28.3 Å². The molecule has 0 aliphatic carbocycles. The van der Waals surface area contributed by atoms with Crippen molar-refractivity contribution in [2.75, 3.05) is 20.7 Å². The number of nitrogens with zero attached hydrogens (tertiary/aromatic N) is 3. The number of ether oxygens (including phenoxy) is 1. The first-order valence-electron chi connectivity index (χ1n) is 9.43. The van der Waals surface area contributed by atoms with E-state index < -0.39 is 0 Å². The lowest BCUT2D eigenvalue weighted by Gasteiger charge is -2.11. The maximum absolute atomic E-state index is 5.23. The van der Waals surface area contributed by atoms with E-state index in [9.17, 15) is 0 Å². The zero-order valence-corrected chi connectivity index (χ0v) is 20.1. The van der Waals surface area contributed by atoms with Crippen molar-refractivity contribution < 1.29 is 4.74 Å². The molecule has 0 amide bonds. The van der Waals surface area contributed by atoms with Crippen LogP contribution in [-0.2, 0) is 6.42 Å². The van der Waals surface area contributed by atoms with E-state index in [1.807, 2.05) is 37.7 Å². The van der Waals surface area contributed by atoms with Crippen molar-refractivity contribution >= 4 is 40.3 Å². The lowest BCUT2D eigenvalue weighted by Crippen LogP contribution is -2.14. The fourth-order valence-electron chi connectivity index (χ4n) is 2.88. The van der Waals surface area contributed by atoms with Crippen LogP contribution in [0.15, 0.2) is 46.8 Å². The number of aliphatic imine (C=N–C) groups is 1. The molecule has 0 saturated heterocycles. The first-order valence-corrected chi connectivity index (χ1v) is 10.3. The zero-order chi connectivity index (χ0) is 20.1. The smallest absolute Gasteiger partial charge is 0.118 e. The van der Waals surface area contributed by atoms with E-state index in [1.165, 1.54) is 16.7 Å². The average Bonchev–Trinajstić information content (AvgIpc) is 3.17. The van der Waals surface area contributed by atoms with Gasteiger partial charge in [0.15, 0.2) is 0 Å². The van der Waals surface area contributed by atoms with Gasteiger partial charge in [0.1, 0.15) is 5.75 Å². The van der Waals surface area contributed by atoms with Crippen LogP contribution in [0.3, 0.4) is 0 Å². The number of benzene rings is 2. The standard InChI is InChI=1S/C23H27N3OS.BrH/c1-6-26(4)15-24-21-12-16(2)19(11-17(21)3)13-23-25-22(14-28-23)18-7-9-20(27-5)10-8-18;/h7-12,14-15H,6,13H2,1-5H3;1H/b24-15+;. The summed E-state index contributed by atoms with van der Waals surface area (Å²) in [6.45, 7) is 7.32. The second-order valence-electron chi connectivity index (χ2n) is 6.91. The molecule has 0 aliphatic rings. The Balaban J connectivity index is 0.00000300. The number of aryl methyl sites for hydroxylation is 2. The molecule has 0 fully saturated rings. The summed E-state index contributed by atoms with van der Waals surface area (Å²) in [4.78, 5) is 11.5. The molecule has 0 aliphatic heterocycles. The van der Waals surface area contributed by atoms with Gasteiger partial charge in [0.2, 0.25) is 0 Å². The van der Waals surface area contributed by atoms with E-state index in [4.69, 9.17) is 9.72 Å². The third-order valence-corrected chi connectivity index (χ3v) is 5.68. The molecular weight excluding hydrogens is 446 g/mol. The van der Waals surface area contributed by atoms with E-state index in [2.05, 4.69) is 48.2 Å². The van der Waals surface area contributed by atoms with E-state index in [1.54, 1.807) is 18.4 Å². The van der Waals surface area contributed by atoms with Gasteiger partial charge in [-0.2, -0.15) is 0 Å². The van der Waals surface area contributed by atoms with Crippen molar-refractivity contribution in [1.82, 2.24) is 9.88 Å². The highest BCUT2D eigenvalue weighted by Crippen LogP contribution is 2.28. The molecule has 2 aromatic carbocycles. The Labute approximate surface area is 188 Å². The first-order chi connectivity index (χ1) is 13.5. The molecule has 154 valence electrons. The maximum atomic E-state index is 5.23. The topological polar surface area (TPSA) is 37.7 Å². The lowest BCUT2D eigenvalue weighted by atomic mass is 10.0. The number of halogens is 1. The van der Waals surface area contributed by atoms with Crippen LogP contribution < -0.4 is 4.74 Å². The second-order valence-corrected chi connectivity index (χ2v) is 7.86. The predicted octanol–water partition coefficient (Wildman–Crippen LogP) is 6.22. The van der Waals surface area contributed by atoms with Gasteiger partial charge in [0.05, 0.1) is 29.8 Å². The zero-order valence-electron chi connectivity index (χ0n) is 17.6. The number of hydrogen-bond acceptors (Lipinski definition) is 4. The van der Waals surface area contributed by atoms with Gasteiger partial charge in [-0.15, -0.1) is 28.3 Å². The van der Waals surface area contributed by atoms with Gasteiger partial charge in [-0.1, -0.05) is 6.07 Å². The van der Waals surface area contributed by atoms with E-state index in [0.29, 0.717) is 0 Å². The minimum atomic E-state index is 0. The van der Waals surface area contributed by atoms with Crippen LogP contribution in [0.2, 0.25) is 0 Å². The minimum Gasteiger partial charge on any atom is -0.497 e. The van der Waals surface area contributed by atoms with Crippen molar-refractivity contribution in [2.45, 2.75) is 27.2 Å². The van der Waals surface area contributed by atoms with Gasteiger partial charge in [-0.05, 0) is 67.8 Å². The summed E-state index contributed by atoms with van der Waals surface area (Å²) in [6.07, 6.45) is 2.73. The highest BCUT2D eigenvalue weighted by atomic mass is 79.9. The normalized spacial score (nSPS) is 10.8. The van der Waals surface area contributed by atoms with Crippen molar-refractivity contribution in [2.24, 2.45) is 4.99 Å². The van der Waals surface area contributed by atoms with Gasteiger partial charge in [-0.25, -0.2) is 9.98 Å². The Bertz CT molecular complexity index is 967. The average molecular weight is 474 g/mol. The Hall–Kier alpha value is -2.18. The Morgan fingerprint density at radius 1 is 1.14 bits per heavy atom. The van der Waals surface area contributed by atoms with Gasteiger partial charge >= 0.3 is 0 Å². The molecule has 3 aromatic rings. The Morgan fingerprint density at radius 3 is 2.52 bits per heavy atom. The van der Waals surface area contributed by atoms with Crippen molar-refractivity contribution in [1.29, 1.82) is 0 Å². The van der Waals surface area contributed by atoms with Crippen LogP contribution in [0, 0.1) is 13.8 Å². The predicted molar refractivity (Wildman–Crippen MR) is 130 cm³/mol. The molecule has 6 heteroatoms. The molecule has 0 N–H and O–H groups in total. The molecule has 29 heavy (non-hydrogen) atoms. The molecule has 0 spiro atoms. The van der Waals surface area contributed by atoms with Crippen molar-refractivity contribution in [3.05, 3.63) is 63.5 Å². The Morgan fingerprint density at radius 2 is 1.86 bits per heavy atom. The maximum Gasteiger partial charge on any atom is 0.118 e. The van der Waals surface area contributed by atoms with Gasteiger partial charge < -0.3 is 9.64 Å². The lowest BCUT2D eigenvalue weighted by molar-refractivity contribution is 0.415. The summed E-state index contributed by atoms with van der Waals surface area (Å²) in [5.41, 5.74) is 6.89. The molecule has 0 atom stereocenters. The third-order valence-electron chi connectivity index (χ3n) is 4.83. The van der Waals surface area contributed by atoms with E-state index >= 15 is 0 Å². The summed E-state index contributed by atoms with van der Waals surface area (Å²) in [7, 11) is 3.71. The number of rotatable bonds is 7. The molecule has 1 heterocycles. The van der Waals surface area contributed by atoms with Crippen LogP contribution in [0.4, 0.5) is 5.69 Å². The highest BCUT2D eigenvalue weighted by molar-refractivity contribution is 8.93. The molecule has 0 radical (unpaired) electrons. The SMILES string of the molecule is Br.CCN(C)/C=N/c1cc(C)c(Cc2nc(-c3ccc(OC)cc3)cs2)cc1C. The van der Waals surface area contributed by atoms with E-state index in [-0.39, 0.29) is 17.0 Å². The monoisotopic (exact) mass is 473 g/mol. The Kier molecular flexibility index (Phi) is 8.41. The fourth-order valence-corrected chi connectivity index (χ4v) is 3.71. The summed E-state index contributed by atoms with van der Waals surface area (Å²) < 4.78 is 5.23. The number of aromatic nitrogens is 1. The molecular formula is C23H28BrN3OS. The van der Waals surface area contributed by atoms with Crippen LogP contribution in [0.1, 0.15) is 28.6 Å². The van der Waals surface area contributed by atoms with Gasteiger partial charge in [0.25, 0.3) is 0 Å². The molecule has 0 saturated carbocycles. The largest absolute Gasteiger partial charge is 0.497 e. The van der Waals surface area contributed by atoms with E-state index in [0.717, 1.165) is 40.7 Å². The summed E-state index contributed by atoms with van der Waals surface area (Å²) in [6, 6.07) is 12.4. The second kappa shape index (κ2) is 10.6.